The van der Waals surface area contributed by atoms with Crippen LogP contribution in [0.15, 0.2) is 29.9 Å². The Balaban J connectivity index is 1.31. The number of aliphatic hydroxyl groups excluding tert-OH is 4. The van der Waals surface area contributed by atoms with E-state index < -0.39 is 84.6 Å². The fourth-order valence-electron chi connectivity index (χ4n) is 10.5. The second-order valence-corrected chi connectivity index (χ2v) is 16.0. The smallest absolute Gasteiger partial charge is 0.333 e. The molecule has 13 nitrogen and oxygen atoms in total. The average Bonchev–Trinajstić information content (AvgIpc) is 3.55. The molecule has 1 spiro atoms. The maximum Gasteiger partial charge on any atom is 0.333 e. The summed E-state index contributed by atoms with van der Waals surface area (Å²) in [6.45, 7) is 0.565. The van der Waals surface area contributed by atoms with Crippen molar-refractivity contribution in [3.8, 4) is 0 Å². The molecular formula is C40H55NO12. The van der Waals surface area contributed by atoms with Gasteiger partial charge in [0.2, 0.25) is 5.79 Å². The van der Waals surface area contributed by atoms with Crippen molar-refractivity contribution in [2.24, 2.45) is 23.7 Å². The van der Waals surface area contributed by atoms with E-state index in [1.54, 1.807) is 6.08 Å². The first-order valence-corrected chi connectivity index (χ1v) is 19.4. The molecule has 2 saturated carbocycles. The van der Waals surface area contributed by atoms with Crippen LogP contribution in [0.1, 0.15) is 95.6 Å². The van der Waals surface area contributed by atoms with Gasteiger partial charge < -0.3 is 54.6 Å². The number of fused-ring (bicyclic) bond motifs is 4. The second-order valence-electron chi connectivity index (χ2n) is 16.0. The number of carbonyl (C=O) groups excluding carboxylic acids is 1. The first kappa shape index (κ1) is 38.2. The molecule has 10 atom stereocenters. The second kappa shape index (κ2) is 14.9. The SMILES string of the molecule is COC(=O)C1=C[C@@H]2CCC=C[C@@H]([C@@H]2O[C@]2(CO)O[C@H](CO)[C@]34OC(CCCO)=c5[nH]c([C@H](C)C6CCCCC6)cc5=C3CC[C@@]2(O)[C@H]4O)[C@@H]1CC(=O)O. The molecule has 3 fully saturated rings. The lowest BCUT2D eigenvalue weighted by Gasteiger charge is -2.64. The molecule has 1 aromatic rings. The van der Waals surface area contributed by atoms with Gasteiger partial charge in [-0.25, -0.2) is 4.79 Å². The van der Waals surface area contributed by atoms with E-state index in [0.29, 0.717) is 42.9 Å². The molecular weight excluding hydrogens is 686 g/mol. The summed E-state index contributed by atoms with van der Waals surface area (Å²) >= 11 is 0. The van der Waals surface area contributed by atoms with Crippen LogP contribution in [-0.2, 0) is 28.5 Å². The molecule has 0 radical (unpaired) electrons. The van der Waals surface area contributed by atoms with Crippen molar-refractivity contribution in [2.45, 2.75) is 125 Å². The van der Waals surface area contributed by atoms with Crippen molar-refractivity contribution >= 4 is 23.3 Å². The van der Waals surface area contributed by atoms with Crippen LogP contribution in [0.3, 0.4) is 0 Å². The zero-order valence-corrected chi connectivity index (χ0v) is 30.7. The zero-order valence-electron chi connectivity index (χ0n) is 30.7. The van der Waals surface area contributed by atoms with Crippen LogP contribution < -0.4 is 10.6 Å². The maximum absolute atomic E-state index is 12.9. The summed E-state index contributed by atoms with van der Waals surface area (Å²) in [7, 11) is 1.24. The van der Waals surface area contributed by atoms with Crippen molar-refractivity contribution in [2.75, 3.05) is 26.9 Å². The number of rotatable bonds is 12. The molecule has 7 N–H and O–H groups in total. The summed E-state index contributed by atoms with van der Waals surface area (Å²) in [6.07, 6.45) is 8.92. The fourth-order valence-corrected chi connectivity index (χ4v) is 10.5. The molecule has 0 aromatic carbocycles. The van der Waals surface area contributed by atoms with Gasteiger partial charge >= 0.3 is 11.9 Å². The van der Waals surface area contributed by atoms with Crippen molar-refractivity contribution in [1.29, 1.82) is 0 Å². The monoisotopic (exact) mass is 741 g/mol. The van der Waals surface area contributed by atoms with Crippen LogP contribution >= 0.6 is 0 Å². The van der Waals surface area contributed by atoms with Gasteiger partial charge in [-0.05, 0) is 68.4 Å². The van der Waals surface area contributed by atoms with Crippen LogP contribution in [0.2, 0.25) is 0 Å². The largest absolute Gasteiger partial charge is 0.481 e. The number of aromatic amines is 1. The van der Waals surface area contributed by atoms with Gasteiger partial charge in [-0.2, -0.15) is 0 Å². The lowest BCUT2D eigenvalue weighted by Crippen LogP contribution is -2.83. The van der Waals surface area contributed by atoms with Gasteiger partial charge in [0.05, 0.1) is 31.6 Å². The number of allylic oxidation sites excluding steroid dienone is 1. The Morgan fingerprint density at radius 2 is 1.91 bits per heavy atom. The number of esters is 1. The zero-order chi connectivity index (χ0) is 37.7. The van der Waals surface area contributed by atoms with Crippen molar-refractivity contribution in [3.63, 3.8) is 0 Å². The molecule has 3 heterocycles. The van der Waals surface area contributed by atoms with Gasteiger partial charge in [-0.3, -0.25) is 4.79 Å². The van der Waals surface area contributed by atoms with Crippen molar-refractivity contribution in [3.05, 3.63) is 46.1 Å². The summed E-state index contributed by atoms with van der Waals surface area (Å²) in [5.74, 6) is -4.80. The number of H-pyrrole nitrogens is 1. The minimum atomic E-state index is -2.27. The predicted octanol–water partition coefficient (Wildman–Crippen LogP) is 1.64. The number of aliphatic carboxylic acids is 1. The summed E-state index contributed by atoms with van der Waals surface area (Å²) in [6, 6.07) is 2.11. The minimum absolute atomic E-state index is 0.0862. The minimum Gasteiger partial charge on any atom is -0.481 e. The highest BCUT2D eigenvalue weighted by molar-refractivity contribution is 5.90. The summed E-state index contributed by atoms with van der Waals surface area (Å²) in [5, 5.41) is 68.9. The standard InChI is InChI=1S/C40H55NO12/c1-22(23-9-4-3-5-10-23)30-18-28-29-14-15-38(49)37(48)40(29,51-31(13-8-16-42)34(28)41-30)32(20-43)52-39(38,21-44)53-35-24-11-6-7-12-25(35)26(19-33(45)46)27(17-24)36(47)50-2/h7,12,17-18,22-26,32,35,37,41-44,48-49H,3-6,8-11,13-16,19-21H2,1-2H3,(H,45,46)/t22-,24+,25-,26+,32-,35-,37-,38-,39+,40-/m1/s1. The summed E-state index contributed by atoms with van der Waals surface area (Å²) in [4.78, 5) is 28.6. The molecule has 13 heteroatoms. The highest BCUT2D eigenvalue weighted by Gasteiger charge is 2.75. The number of aliphatic hydroxyl groups is 5. The van der Waals surface area contributed by atoms with E-state index in [4.69, 9.17) is 18.9 Å². The first-order valence-electron chi connectivity index (χ1n) is 19.4. The molecule has 4 aliphatic carbocycles. The molecule has 292 valence electrons. The molecule has 1 aromatic heterocycles. The molecule has 2 aliphatic heterocycles. The van der Waals surface area contributed by atoms with Crippen LogP contribution in [0.5, 0.6) is 0 Å². The van der Waals surface area contributed by atoms with Crippen LogP contribution in [0, 0.1) is 23.7 Å². The number of carboxylic acid groups (broad SMARTS) is 1. The van der Waals surface area contributed by atoms with Gasteiger partial charge in [0.15, 0.2) is 11.2 Å². The lowest BCUT2D eigenvalue weighted by molar-refractivity contribution is -0.436. The third kappa shape index (κ3) is 6.11. The molecule has 53 heavy (non-hydrogen) atoms. The van der Waals surface area contributed by atoms with E-state index in [9.17, 15) is 40.2 Å². The third-order valence-corrected chi connectivity index (χ3v) is 13.3. The van der Waals surface area contributed by atoms with E-state index in [1.165, 1.54) is 26.4 Å². The van der Waals surface area contributed by atoms with Gasteiger partial charge in [-0.1, -0.05) is 44.4 Å². The molecule has 0 unspecified atom stereocenters. The highest BCUT2D eigenvalue weighted by Crippen LogP contribution is 2.58. The van der Waals surface area contributed by atoms with Crippen molar-refractivity contribution < 1.29 is 59.2 Å². The van der Waals surface area contributed by atoms with E-state index >= 15 is 0 Å². The number of hydrogen-bond acceptors (Lipinski definition) is 11. The molecule has 1 saturated heterocycles. The number of hydrogen-bond donors (Lipinski definition) is 7. The van der Waals surface area contributed by atoms with Crippen LogP contribution in [0.4, 0.5) is 0 Å². The van der Waals surface area contributed by atoms with Gasteiger partial charge in [0, 0.05) is 47.3 Å². The number of carboxylic acids is 1. The van der Waals surface area contributed by atoms with E-state index in [2.05, 4.69) is 18.0 Å². The van der Waals surface area contributed by atoms with Crippen LogP contribution in [-0.4, -0.2) is 110 Å². The summed E-state index contributed by atoms with van der Waals surface area (Å²) in [5.41, 5.74) is -2.07. The third-order valence-electron chi connectivity index (χ3n) is 13.3. The number of carbonyl (C=O) groups is 2. The van der Waals surface area contributed by atoms with Crippen LogP contribution in [0.25, 0.3) is 11.3 Å². The molecule has 6 aliphatic rings. The van der Waals surface area contributed by atoms with E-state index in [-0.39, 0.29) is 30.9 Å². The van der Waals surface area contributed by atoms with E-state index in [1.807, 2.05) is 12.2 Å². The maximum atomic E-state index is 12.9. The Morgan fingerprint density at radius 1 is 1.13 bits per heavy atom. The lowest BCUT2D eigenvalue weighted by atomic mass is 9.60. The normalized spacial score (nSPS) is 37.2. The number of ether oxygens (including phenoxy) is 4. The van der Waals surface area contributed by atoms with Gasteiger partial charge in [0.25, 0.3) is 0 Å². The first-order chi connectivity index (χ1) is 25.5. The summed E-state index contributed by atoms with van der Waals surface area (Å²) < 4.78 is 25.2. The molecule has 4 bridgehead atoms. The Labute approximate surface area is 309 Å². The predicted molar refractivity (Wildman–Crippen MR) is 190 cm³/mol. The molecule has 7 rings (SSSR count). The number of aromatic nitrogens is 1. The topological polar surface area (TPSA) is 208 Å². The Kier molecular flexibility index (Phi) is 10.7. The van der Waals surface area contributed by atoms with Crippen molar-refractivity contribution in [1.82, 2.24) is 4.98 Å². The Hall–Kier alpha value is -3.04. The van der Waals surface area contributed by atoms with E-state index in [0.717, 1.165) is 29.1 Å². The highest BCUT2D eigenvalue weighted by atomic mass is 16.7. The van der Waals surface area contributed by atoms with Gasteiger partial charge in [-0.15, -0.1) is 0 Å². The fraction of sp³-hybridized carbons (Fsp3) is 0.700. The number of nitrogens with one attached hydrogen (secondary N) is 1. The quantitative estimate of drug-likeness (QED) is 0.121. The molecule has 0 amide bonds. The Morgan fingerprint density at radius 3 is 2.58 bits per heavy atom. The van der Waals surface area contributed by atoms with Gasteiger partial charge in [0.1, 0.15) is 24.6 Å². The Bertz CT molecular complexity index is 1740. The average molecular weight is 742 g/mol. The number of methoxy groups -OCH3 is 1.